The van der Waals surface area contributed by atoms with Gasteiger partial charge in [-0.2, -0.15) is 0 Å². The minimum absolute atomic E-state index is 0.111. The van der Waals surface area contributed by atoms with Crippen LogP contribution in [0.15, 0.2) is 24.3 Å². The fraction of sp³-hybridized carbons (Fsp3) is 0.500. The Hall–Kier alpha value is -1.62. The molecule has 0 fully saturated rings. The van der Waals surface area contributed by atoms with Gasteiger partial charge in [-0.3, -0.25) is 4.79 Å². The molecule has 19 heavy (non-hydrogen) atoms. The molecule has 0 bridgehead atoms. The van der Waals surface area contributed by atoms with Crippen molar-refractivity contribution < 1.29 is 19.0 Å². The molecule has 106 valence electrons. The van der Waals surface area contributed by atoms with E-state index in [4.69, 9.17) is 9.84 Å². The molecule has 0 atom stereocenters. The molecule has 1 amide bonds. The molecule has 0 aromatic heterocycles. The van der Waals surface area contributed by atoms with E-state index in [0.717, 1.165) is 19.3 Å². The topological polar surface area (TPSA) is 58.6 Å². The smallest absolute Gasteiger partial charge is 0.223 e. The number of carbonyl (C=O) groups is 1. The average molecular weight is 269 g/mol. The van der Waals surface area contributed by atoms with Crippen LogP contribution in [0.4, 0.5) is 4.39 Å². The van der Waals surface area contributed by atoms with Gasteiger partial charge in [-0.25, -0.2) is 4.39 Å². The van der Waals surface area contributed by atoms with Crippen LogP contribution in [0.25, 0.3) is 0 Å². The molecule has 0 unspecified atom stereocenters. The number of hydrogen-bond donors (Lipinski definition) is 2. The first kappa shape index (κ1) is 15.4. The molecule has 0 heterocycles. The third kappa shape index (κ3) is 6.76. The van der Waals surface area contributed by atoms with E-state index in [-0.39, 0.29) is 31.3 Å². The summed E-state index contributed by atoms with van der Waals surface area (Å²) in [4.78, 5) is 11.4. The van der Waals surface area contributed by atoms with Gasteiger partial charge in [0.15, 0.2) is 11.6 Å². The van der Waals surface area contributed by atoms with E-state index in [1.807, 2.05) is 0 Å². The molecule has 0 aliphatic carbocycles. The van der Waals surface area contributed by atoms with Crippen molar-refractivity contribution in [3.8, 4) is 5.75 Å². The zero-order valence-electron chi connectivity index (χ0n) is 10.9. The van der Waals surface area contributed by atoms with E-state index in [1.165, 1.54) is 12.1 Å². The van der Waals surface area contributed by atoms with Crippen LogP contribution in [0.3, 0.4) is 0 Å². The monoisotopic (exact) mass is 269 g/mol. The van der Waals surface area contributed by atoms with E-state index >= 15 is 0 Å². The Labute approximate surface area is 112 Å². The number of halogens is 1. The highest BCUT2D eigenvalue weighted by atomic mass is 19.1. The van der Waals surface area contributed by atoms with Crippen LogP contribution in [0.1, 0.15) is 25.7 Å². The fourth-order valence-corrected chi connectivity index (χ4v) is 1.55. The first-order valence-corrected chi connectivity index (χ1v) is 6.49. The summed E-state index contributed by atoms with van der Waals surface area (Å²) in [5.41, 5.74) is 0. The maximum absolute atomic E-state index is 13.2. The molecule has 5 heteroatoms. The van der Waals surface area contributed by atoms with Gasteiger partial charge in [-0.15, -0.1) is 0 Å². The van der Waals surface area contributed by atoms with Crippen LogP contribution < -0.4 is 10.1 Å². The van der Waals surface area contributed by atoms with E-state index < -0.39 is 5.82 Å². The molecular formula is C14H20FNO3. The van der Waals surface area contributed by atoms with E-state index in [1.54, 1.807) is 12.1 Å². The molecule has 4 nitrogen and oxygen atoms in total. The van der Waals surface area contributed by atoms with E-state index in [2.05, 4.69) is 5.32 Å². The predicted octanol–water partition coefficient (Wildman–Crippen LogP) is 1.87. The summed E-state index contributed by atoms with van der Waals surface area (Å²) in [5, 5.41) is 11.3. The Morgan fingerprint density at radius 1 is 1.26 bits per heavy atom. The second-order valence-corrected chi connectivity index (χ2v) is 4.16. The van der Waals surface area contributed by atoms with Crippen molar-refractivity contribution in [1.82, 2.24) is 5.32 Å². The number of carbonyl (C=O) groups excluding carboxylic acids is 1. The largest absolute Gasteiger partial charge is 0.490 e. The SMILES string of the molecule is O=C(CCOc1ccccc1F)NCCCCCO. The number of aliphatic hydroxyl groups is 1. The average Bonchev–Trinajstić information content (AvgIpc) is 2.41. The lowest BCUT2D eigenvalue weighted by Crippen LogP contribution is -2.26. The summed E-state index contributed by atoms with van der Waals surface area (Å²) in [5.74, 6) is -0.370. The molecular weight excluding hydrogens is 249 g/mol. The molecule has 2 N–H and O–H groups in total. The van der Waals surface area contributed by atoms with Crippen molar-refractivity contribution in [2.45, 2.75) is 25.7 Å². The normalized spacial score (nSPS) is 10.2. The number of rotatable bonds is 9. The Morgan fingerprint density at radius 2 is 2.05 bits per heavy atom. The highest BCUT2D eigenvalue weighted by Crippen LogP contribution is 2.15. The second kappa shape index (κ2) is 9.33. The molecule has 0 aliphatic rings. The van der Waals surface area contributed by atoms with Crippen molar-refractivity contribution in [1.29, 1.82) is 0 Å². The van der Waals surface area contributed by atoms with Gasteiger partial charge in [0.05, 0.1) is 13.0 Å². The van der Waals surface area contributed by atoms with Crippen molar-refractivity contribution in [2.75, 3.05) is 19.8 Å². The standard InChI is InChI=1S/C14H20FNO3/c15-12-6-2-3-7-13(12)19-11-8-14(18)16-9-4-1-5-10-17/h2-3,6-7,17H,1,4-5,8-11H2,(H,16,18). The molecule has 1 aromatic rings. The quantitative estimate of drug-likeness (QED) is 0.673. The fourth-order valence-electron chi connectivity index (χ4n) is 1.55. The Morgan fingerprint density at radius 3 is 2.79 bits per heavy atom. The minimum atomic E-state index is -0.424. The van der Waals surface area contributed by atoms with Gasteiger partial charge < -0.3 is 15.2 Å². The van der Waals surface area contributed by atoms with Crippen LogP contribution in [-0.4, -0.2) is 30.8 Å². The van der Waals surface area contributed by atoms with Crippen molar-refractivity contribution in [2.24, 2.45) is 0 Å². The Kier molecular flexibility index (Phi) is 7.58. The highest BCUT2D eigenvalue weighted by molar-refractivity contribution is 5.75. The molecule has 1 aromatic carbocycles. The Balaban J connectivity index is 2.09. The zero-order chi connectivity index (χ0) is 13.9. The van der Waals surface area contributed by atoms with Gasteiger partial charge in [0.25, 0.3) is 0 Å². The lowest BCUT2D eigenvalue weighted by atomic mass is 10.2. The summed E-state index contributed by atoms with van der Waals surface area (Å²) < 4.78 is 18.4. The van der Waals surface area contributed by atoms with Crippen LogP contribution in [0.5, 0.6) is 5.75 Å². The van der Waals surface area contributed by atoms with Gasteiger partial charge in [0, 0.05) is 13.2 Å². The number of ether oxygens (including phenoxy) is 1. The maximum atomic E-state index is 13.2. The summed E-state index contributed by atoms with van der Waals surface area (Å²) in [6.07, 6.45) is 2.70. The number of nitrogens with one attached hydrogen (secondary N) is 1. The molecule has 0 aliphatic heterocycles. The second-order valence-electron chi connectivity index (χ2n) is 4.16. The van der Waals surface area contributed by atoms with E-state index in [9.17, 15) is 9.18 Å². The first-order chi connectivity index (χ1) is 9.24. The van der Waals surface area contributed by atoms with Gasteiger partial charge in [0.1, 0.15) is 0 Å². The maximum Gasteiger partial charge on any atom is 0.223 e. The Bertz CT molecular complexity index is 385. The highest BCUT2D eigenvalue weighted by Gasteiger charge is 2.04. The number of para-hydroxylation sites is 1. The minimum Gasteiger partial charge on any atom is -0.490 e. The van der Waals surface area contributed by atoms with Crippen molar-refractivity contribution in [3.63, 3.8) is 0 Å². The number of hydrogen-bond acceptors (Lipinski definition) is 3. The van der Waals surface area contributed by atoms with Crippen molar-refractivity contribution >= 4 is 5.91 Å². The summed E-state index contributed by atoms with van der Waals surface area (Å²) >= 11 is 0. The molecule has 0 saturated carbocycles. The van der Waals surface area contributed by atoms with Crippen molar-refractivity contribution in [3.05, 3.63) is 30.1 Å². The van der Waals surface area contributed by atoms with Crippen LogP contribution in [0, 0.1) is 5.82 Å². The zero-order valence-corrected chi connectivity index (χ0v) is 10.9. The number of benzene rings is 1. The number of amides is 1. The third-order valence-corrected chi connectivity index (χ3v) is 2.58. The number of aliphatic hydroxyl groups excluding tert-OH is 1. The molecule has 0 spiro atoms. The van der Waals surface area contributed by atoms with Crippen LogP contribution >= 0.6 is 0 Å². The third-order valence-electron chi connectivity index (χ3n) is 2.58. The van der Waals surface area contributed by atoms with Gasteiger partial charge in [0.2, 0.25) is 5.91 Å². The summed E-state index contributed by atoms with van der Waals surface area (Å²) in [7, 11) is 0. The lowest BCUT2D eigenvalue weighted by Gasteiger charge is -2.07. The van der Waals surface area contributed by atoms with Crippen LogP contribution in [0.2, 0.25) is 0 Å². The number of unbranched alkanes of at least 4 members (excludes halogenated alkanes) is 2. The first-order valence-electron chi connectivity index (χ1n) is 6.49. The molecule has 0 saturated heterocycles. The van der Waals surface area contributed by atoms with Crippen LogP contribution in [-0.2, 0) is 4.79 Å². The molecule has 0 radical (unpaired) electrons. The summed E-state index contributed by atoms with van der Waals surface area (Å²) in [6.45, 7) is 0.937. The van der Waals surface area contributed by atoms with Gasteiger partial charge >= 0.3 is 0 Å². The summed E-state index contributed by atoms with van der Waals surface area (Å²) in [6, 6.07) is 6.11. The van der Waals surface area contributed by atoms with Gasteiger partial charge in [-0.05, 0) is 31.4 Å². The lowest BCUT2D eigenvalue weighted by molar-refractivity contribution is -0.121. The van der Waals surface area contributed by atoms with E-state index in [0.29, 0.717) is 6.54 Å². The predicted molar refractivity (Wildman–Crippen MR) is 70.5 cm³/mol. The van der Waals surface area contributed by atoms with Gasteiger partial charge in [-0.1, -0.05) is 12.1 Å². The molecule has 1 rings (SSSR count).